The highest BCUT2D eigenvalue weighted by molar-refractivity contribution is 6.00. The van der Waals surface area contributed by atoms with Gasteiger partial charge in [-0.05, 0) is 69.5 Å². The molecule has 1 atom stereocenters. The lowest BCUT2D eigenvalue weighted by molar-refractivity contribution is -0.123. The lowest BCUT2D eigenvalue weighted by atomic mass is 10.1. The maximum atomic E-state index is 12.5. The molecule has 0 aliphatic carbocycles. The van der Waals surface area contributed by atoms with Crippen LogP contribution >= 0.6 is 0 Å². The summed E-state index contributed by atoms with van der Waals surface area (Å²) in [5, 5.41) is 3.84. The van der Waals surface area contributed by atoms with Crippen molar-refractivity contribution in [3.05, 3.63) is 64.3 Å². The topological polar surface area (TPSA) is 71.2 Å². The minimum atomic E-state index is -0.902. The second-order valence-electron chi connectivity index (χ2n) is 6.94. The van der Waals surface area contributed by atoms with E-state index in [0.29, 0.717) is 5.56 Å². The fourth-order valence-electron chi connectivity index (χ4n) is 3.11. The molecule has 0 saturated heterocycles. The molecule has 3 aromatic rings. The predicted molar refractivity (Wildman–Crippen MR) is 107 cm³/mol. The second-order valence-corrected chi connectivity index (χ2v) is 6.94. The van der Waals surface area contributed by atoms with Gasteiger partial charge in [-0.3, -0.25) is 4.79 Å². The summed E-state index contributed by atoms with van der Waals surface area (Å²) in [5.74, 6) is -0.866. The number of hydrogen-bond donors (Lipinski definition) is 2. The summed E-state index contributed by atoms with van der Waals surface area (Å²) >= 11 is 0. The summed E-state index contributed by atoms with van der Waals surface area (Å²) < 4.78 is 5.38. The quantitative estimate of drug-likeness (QED) is 0.665. The van der Waals surface area contributed by atoms with Crippen molar-refractivity contribution >= 4 is 28.5 Å². The number of benzene rings is 2. The minimum Gasteiger partial charge on any atom is -0.449 e. The summed E-state index contributed by atoms with van der Waals surface area (Å²) in [5.41, 5.74) is 6.25. The van der Waals surface area contributed by atoms with E-state index < -0.39 is 12.1 Å². The van der Waals surface area contributed by atoms with Gasteiger partial charge in [0.05, 0.1) is 5.56 Å². The molecule has 2 aromatic carbocycles. The monoisotopic (exact) mass is 364 g/mol. The van der Waals surface area contributed by atoms with Gasteiger partial charge in [0.2, 0.25) is 0 Å². The summed E-state index contributed by atoms with van der Waals surface area (Å²) in [4.78, 5) is 28.2. The largest absolute Gasteiger partial charge is 0.449 e. The van der Waals surface area contributed by atoms with Gasteiger partial charge in [0.1, 0.15) is 0 Å². The third kappa shape index (κ3) is 3.72. The van der Waals surface area contributed by atoms with Crippen molar-refractivity contribution in [3.63, 3.8) is 0 Å². The molecule has 0 spiro atoms. The van der Waals surface area contributed by atoms with E-state index in [1.54, 1.807) is 19.1 Å². The van der Waals surface area contributed by atoms with Gasteiger partial charge in [-0.2, -0.15) is 0 Å². The number of carbonyl (C=O) groups is 2. The molecule has 0 aliphatic heterocycles. The van der Waals surface area contributed by atoms with Crippen LogP contribution in [0, 0.1) is 27.7 Å². The van der Waals surface area contributed by atoms with Crippen LogP contribution in [0.5, 0.6) is 0 Å². The molecule has 3 rings (SSSR count). The molecule has 27 heavy (non-hydrogen) atoms. The van der Waals surface area contributed by atoms with Crippen LogP contribution in [-0.4, -0.2) is 23.0 Å². The Morgan fingerprint density at radius 2 is 1.70 bits per heavy atom. The molecular weight excluding hydrogens is 340 g/mol. The van der Waals surface area contributed by atoms with Crippen molar-refractivity contribution in [3.8, 4) is 0 Å². The summed E-state index contributed by atoms with van der Waals surface area (Å²) in [7, 11) is 0. The summed E-state index contributed by atoms with van der Waals surface area (Å²) in [6, 6.07) is 11.1. The Bertz CT molecular complexity index is 1010. The zero-order chi connectivity index (χ0) is 19.7. The van der Waals surface area contributed by atoms with Crippen LogP contribution in [0.3, 0.4) is 0 Å². The van der Waals surface area contributed by atoms with E-state index in [0.717, 1.165) is 39.0 Å². The van der Waals surface area contributed by atoms with Gasteiger partial charge in [-0.15, -0.1) is 0 Å². The van der Waals surface area contributed by atoms with Gasteiger partial charge < -0.3 is 15.0 Å². The van der Waals surface area contributed by atoms with Crippen molar-refractivity contribution in [1.29, 1.82) is 0 Å². The smallest absolute Gasteiger partial charge is 0.338 e. The Hall–Kier alpha value is -3.08. The highest BCUT2D eigenvalue weighted by atomic mass is 16.5. The SMILES string of the molecule is Cc1cccc(C)c1NC(=O)[C@@H](C)OC(=O)c1ccc2[nH]c(C)c(C)c2c1. The number of rotatable bonds is 4. The standard InChI is InChI=1S/C22H24N2O3/c1-12-7-6-8-13(2)20(12)24-21(25)16(5)27-22(26)17-9-10-19-18(11-17)14(3)15(4)23-19/h6-11,16,23H,1-5H3,(H,24,25)/t16-/m1/s1. The van der Waals surface area contributed by atoms with Crippen LogP contribution in [0.2, 0.25) is 0 Å². The molecule has 1 heterocycles. The lowest BCUT2D eigenvalue weighted by Crippen LogP contribution is -2.30. The molecule has 2 N–H and O–H groups in total. The van der Waals surface area contributed by atoms with Gasteiger partial charge in [0.15, 0.2) is 6.10 Å². The number of esters is 1. The Morgan fingerprint density at radius 1 is 1.04 bits per heavy atom. The average molecular weight is 364 g/mol. The zero-order valence-electron chi connectivity index (χ0n) is 16.3. The number of H-pyrrole nitrogens is 1. The van der Waals surface area contributed by atoms with E-state index in [2.05, 4.69) is 10.3 Å². The summed E-state index contributed by atoms with van der Waals surface area (Å²) in [6.07, 6.45) is -0.902. The first kappa shape index (κ1) is 18.7. The van der Waals surface area contributed by atoms with Crippen LogP contribution < -0.4 is 5.32 Å². The maximum Gasteiger partial charge on any atom is 0.338 e. The van der Waals surface area contributed by atoms with Crippen LogP contribution in [0.1, 0.15) is 39.7 Å². The number of carbonyl (C=O) groups excluding carboxylic acids is 2. The maximum absolute atomic E-state index is 12.5. The van der Waals surface area contributed by atoms with Gasteiger partial charge >= 0.3 is 5.97 Å². The molecule has 0 bridgehead atoms. The van der Waals surface area contributed by atoms with E-state index in [4.69, 9.17) is 4.74 Å². The fraction of sp³-hybridized carbons (Fsp3) is 0.273. The highest BCUT2D eigenvalue weighted by Gasteiger charge is 2.20. The molecule has 0 unspecified atom stereocenters. The molecule has 0 aliphatic rings. The number of fused-ring (bicyclic) bond motifs is 1. The molecule has 5 heteroatoms. The van der Waals surface area contributed by atoms with Crippen LogP contribution in [-0.2, 0) is 9.53 Å². The normalized spacial score (nSPS) is 12.0. The van der Waals surface area contributed by atoms with Crippen molar-refractivity contribution in [2.75, 3.05) is 5.32 Å². The first-order valence-electron chi connectivity index (χ1n) is 8.95. The Kier molecular flexibility index (Phi) is 5.04. The van der Waals surface area contributed by atoms with E-state index in [1.807, 2.05) is 52.0 Å². The second kappa shape index (κ2) is 7.27. The Balaban J connectivity index is 1.73. The Labute approximate surface area is 158 Å². The van der Waals surface area contributed by atoms with E-state index in [9.17, 15) is 9.59 Å². The number of aromatic nitrogens is 1. The van der Waals surface area contributed by atoms with E-state index in [1.165, 1.54) is 0 Å². The molecular formula is C22H24N2O3. The number of amides is 1. The molecule has 0 fully saturated rings. The van der Waals surface area contributed by atoms with Crippen LogP contribution in [0.25, 0.3) is 10.9 Å². The molecule has 1 aromatic heterocycles. The molecule has 5 nitrogen and oxygen atoms in total. The number of anilines is 1. The van der Waals surface area contributed by atoms with E-state index >= 15 is 0 Å². The lowest BCUT2D eigenvalue weighted by Gasteiger charge is -2.16. The first-order valence-corrected chi connectivity index (χ1v) is 8.95. The third-order valence-electron chi connectivity index (χ3n) is 4.93. The van der Waals surface area contributed by atoms with E-state index in [-0.39, 0.29) is 5.91 Å². The summed E-state index contributed by atoms with van der Waals surface area (Å²) in [6.45, 7) is 9.42. The van der Waals surface area contributed by atoms with Crippen LogP contribution in [0.15, 0.2) is 36.4 Å². The van der Waals surface area contributed by atoms with Gasteiger partial charge in [-0.25, -0.2) is 4.79 Å². The molecule has 1 amide bonds. The van der Waals surface area contributed by atoms with Crippen molar-refractivity contribution in [1.82, 2.24) is 4.98 Å². The minimum absolute atomic E-state index is 0.351. The number of ether oxygens (including phenoxy) is 1. The molecule has 140 valence electrons. The number of para-hydroxylation sites is 1. The molecule has 0 radical (unpaired) electrons. The fourth-order valence-corrected chi connectivity index (χ4v) is 3.11. The van der Waals surface area contributed by atoms with Gasteiger partial charge in [0, 0.05) is 22.3 Å². The zero-order valence-corrected chi connectivity index (χ0v) is 16.3. The van der Waals surface area contributed by atoms with Crippen molar-refractivity contribution in [2.24, 2.45) is 0 Å². The van der Waals surface area contributed by atoms with Crippen LogP contribution in [0.4, 0.5) is 5.69 Å². The third-order valence-corrected chi connectivity index (χ3v) is 4.93. The number of aromatic amines is 1. The van der Waals surface area contributed by atoms with Crippen molar-refractivity contribution in [2.45, 2.75) is 40.7 Å². The number of aryl methyl sites for hydroxylation is 4. The van der Waals surface area contributed by atoms with Gasteiger partial charge in [-0.1, -0.05) is 18.2 Å². The average Bonchev–Trinajstić information content (AvgIpc) is 2.91. The highest BCUT2D eigenvalue weighted by Crippen LogP contribution is 2.23. The first-order chi connectivity index (χ1) is 12.8. The Morgan fingerprint density at radius 3 is 2.37 bits per heavy atom. The van der Waals surface area contributed by atoms with Gasteiger partial charge in [0.25, 0.3) is 5.91 Å². The number of nitrogens with one attached hydrogen (secondary N) is 2. The number of hydrogen-bond acceptors (Lipinski definition) is 3. The molecule has 0 saturated carbocycles. The predicted octanol–water partition coefficient (Wildman–Crippen LogP) is 4.59. The van der Waals surface area contributed by atoms with Crippen molar-refractivity contribution < 1.29 is 14.3 Å².